The fraction of sp³-hybridized carbons (Fsp3) is 0.138. The second kappa shape index (κ2) is 11.2. The number of halogens is 2. The fourth-order valence-corrected chi connectivity index (χ4v) is 5.95. The molecule has 0 unspecified atom stereocenters. The lowest BCUT2D eigenvalue weighted by Gasteiger charge is -2.15. The van der Waals surface area contributed by atoms with Gasteiger partial charge in [-0.15, -0.1) is 0 Å². The topological polar surface area (TPSA) is 124 Å². The lowest BCUT2D eigenvalue weighted by atomic mass is 9.97. The SMILES string of the molecule is CC(C)c1ccc(Cc2cc(C(=O)Nc3cccc(S(=O)(=O)c4ccc(Cl)cc4)c3Cl)c(O)c(O)c2O)cc1. The number of carbonyl (C=O) groups excluding carboxylic acids is 1. The molecule has 4 aromatic rings. The first-order valence-electron chi connectivity index (χ1n) is 11.9. The predicted octanol–water partition coefficient (Wildman–Crippen LogP) is 6.91. The van der Waals surface area contributed by atoms with Crippen LogP contribution in [0.2, 0.25) is 10.0 Å². The van der Waals surface area contributed by atoms with Crippen molar-refractivity contribution >= 4 is 44.6 Å². The van der Waals surface area contributed by atoms with Crippen molar-refractivity contribution in [3.63, 3.8) is 0 Å². The lowest BCUT2D eigenvalue weighted by molar-refractivity contribution is 0.102. The average molecular weight is 586 g/mol. The molecule has 0 aromatic heterocycles. The van der Waals surface area contributed by atoms with E-state index in [4.69, 9.17) is 23.2 Å². The number of anilines is 1. The Morgan fingerprint density at radius 1 is 0.872 bits per heavy atom. The second-order valence-corrected chi connectivity index (χ2v) is 12.0. The molecule has 0 spiro atoms. The largest absolute Gasteiger partial charge is 0.504 e. The highest BCUT2D eigenvalue weighted by molar-refractivity contribution is 7.91. The Balaban J connectivity index is 1.65. The molecule has 4 N–H and O–H groups in total. The van der Waals surface area contributed by atoms with E-state index in [1.807, 2.05) is 24.3 Å². The van der Waals surface area contributed by atoms with E-state index in [1.165, 1.54) is 48.5 Å². The molecule has 202 valence electrons. The van der Waals surface area contributed by atoms with E-state index in [0.29, 0.717) is 10.9 Å². The van der Waals surface area contributed by atoms with Crippen LogP contribution in [0.1, 0.15) is 46.8 Å². The van der Waals surface area contributed by atoms with Crippen molar-refractivity contribution < 1.29 is 28.5 Å². The van der Waals surface area contributed by atoms with Crippen molar-refractivity contribution in [1.29, 1.82) is 0 Å². The third-order valence-electron chi connectivity index (χ3n) is 6.24. The molecule has 0 aliphatic rings. The van der Waals surface area contributed by atoms with E-state index in [0.717, 1.165) is 11.1 Å². The van der Waals surface area contributed by atoms with Gasteiger partial charge in [-0.2, -0.15) is 0 Å². The van der Waals surface area contributed by atoms with Crippen LogP contribution in [0.3, 0.4) is 0 Å². The fourth-order valence-electron chi connectivity index (χ4n) is 4.00. The van der Waals surface area contributed by atoms with Gasteiger partial charge in [0.25, 0.3) is 5.91 Å². The first-order chi connectivity index (χ1) is 18.4. The number of amides is 1. The number of hydrogen-bond donors (Lipinski definition) is 4. The van der Waals surface area contributed by atoms with E-state index in [2.05, 4.69) is 19.2 Å². The molecule has 0 heterocycles. The summed E-state index contributed by atoms with van der Waals surface area (Å²) in [6.07, 6.45) is 0.175. The highest BCUT2D eigenvalue weighted by Crippen LogP contribution is 2.42. The number of hydrogen-bond acceptors (Lipinski definition) is 6. The maximum absolute atomic E-state index is 13.2. The Morgan fingerprint density at radius 2 is 1.51 bits per heavy atom. The molecular weight excluding hydrogens is 561 g/mol. The lowest BCUT2D eigenvalue weighted by Crippen LogP contribution is -2.14. The zero-order chi connectivity index (χ0) is 28.5. The molecule has 0 saturated carbocycles. The number of aromatic hydroxyl groups is 3. The Bertz CT molecular complexity index is 1650. The maximum atomic E-state index is 13.2. The monoisotopic (exact) mass is 585 g/mol. The molecule has 39 heavy (non-hydrogen) atoms. The molecule has 0 fully saturated rings. The van der Waals surface area contributed by atoms with Crippen LogP contribution in [-0.2, 0) is 16.3 Å². The molecule has 0 atom stereocenters. The zero-order valence-corrected chi connectivity index (χ0v) is 23.3. The maximum Gasteiger partial charge on any atom is 0.259 e. The third kappa shape index (κ3) is 5.83. The number of benzene rings is 4. The quantitative estimate of drug-likeness (QED) is 0.175. The van der Waals surface area contributed by atoms with Crippen molar-refractivity contribution in [2.75, 3.05) is 5.32 Å². The van der Waals surface area contributed by atoms with Crippen molar-refractivity contribution in [3.05, 3.63) is 105 Å². The van der Waals surface area contributed by atoms with Gasteiger partial charge >= 0.3 is 0 Å². The summed E-state index contributed by atoms with van der Waals surface area (Å²) in [5, 5.41) is 33.8. The Labute approximate surface area is 236 Å². The average Bonchev–Trinajstić information content (AvgIpc) is 2.90. The van der Waals surface area contributed by atoms with Crippen LogP contribution >= 0.6 is 23.2 Å². The van der Waals surface area contributed by atoms with Gasteiger partial charge in [0.2, 0.25) is 15.6 Å². The summed E-state index contributed by atoms with van der Waals surface area (Å²) in [5.41, 5.74) is 1.79. The van der Waals surface area contributed by atoms with Crippen LogP contribution in [0.15, 0.2) is 82.6 Å². The van der Waals surface area contributed by atoms with E-state index < -0.39 is 33.0 Å². The molecule has 0 saturated heterocycles. The minimum atomic E-state index is -4.04. The summed E-state index contributed by atoms with van der Waals surface area (Å²) in [6.45, 7) is 4.14. The van der Waals surface area contributed by atoms with Crippen LogP contribution in [0.5, 0.6) is 17.2 Å². The first-order valence-corrected chi connectivity index (χ1v) is 14.1. The number of rotatable bonds is 7. The van der Waals surface area contributed by atoms with Gasteiger partial charge in [-0.25, -0.2) is 8.42 Å². The summed E-state index contributed by atoms with van der Waals surface area (Å²) in [7, 11) is -4.04. The van der Waals surface area contributed by atoms with Gasteiger partial charge in [0.1, 0.15) is 0 Å². The van der Waals surface area contributed by atoms with Crippen LogP contribution in [0, 0.1) is 0 Å². The minimum absolute atomic E-state index is 0.0329. The van der Waals surface area contributed by atoms with Crippen LogP contribution in [-0.4, -0.2) is 29.6 Å². The van der Waals surface area contributed by atoms with Crippen LogP contribution < -0.4 is 5.32 Å². The number of phenols is 3. The molecular formula is C29H25Cl2NO6S. The summed E-state index contributed by atoms with van der Waals surface area (Å²) in [6, 6.07) is 18.6. The highest BCUT2D eigenvalue weighted by atomic mass is 35.5. The molecule has 1 amide bonds. The minimum Gasteiger partial charge on any atom is -0.504 e. The van der Waals surface area contributed by atoms with Crippen LogP contribution in [0.25, 0.3) is 0 Å². The van der Waals surface area contributed by atoms with Gasteiger partial charge in [-0.3, -0.25) is 4.79 Å². The van der Waals surface area contributed by atoms with Gasteiger partial charge < -0.3 is 20.6 Å². The molecule has 7 nitrogen and oxygen atoms in total. The normalized spacial score (nSPS) is 11.5. The van der Waals surface area contributed by atoms with E-state index in [9.17, 15) is 28.5 Å². The van der Waals surface area contributed by atoms with Gasteiger partial charge in [-0.1, -0.05) is 67.4 Å². The number of carbonyl (C=O) groups is 1. The molecule has 10 heteroatoms. The van der Waals surface area contributed by atoms with Crippen LogP contribution in [0.4, 0.5) is 5.69 Å². The van der Waals surface area contributed by atoms with E-state index in [1.54, 1.807) is 0 Å². The summed E-state index contributed by atoms with van der Waals surface area (Å²) in [4.78, 5) is 12.9. The molecule has 0 aliphatic carbocycles. The molecule has 4 rings (SSSR count). The van der Waals surface area contributed by atoms with E-state index >= 15 is 0 Å². The highest BCUT2D eigenvalue weighted by Gasteiger charge is 2.25. The van der Waals surface area contributed by atoms with Gasteiger partial charge in [0.05, 0.1) is 26.1 Å². The predicted molar refractivity (Wildman–Crippen MR) is 151 cm³/mol. The van der Waals surface area contributed by atoms with E-state index in [-0.39, 0.29) is 38.0 Å². The summed E-state index contributed by atoms with van der Waals surface area (Å²) >= 11 is 12.3. The number of sulfone groups is 1. The number of phenolic OH excluding ortho intramolecular Hbond substituents is 3. The van der Waals surface area contributed by atoms with Gasteiger partial charge in [0.15, 0.2) is 11.5 Å². The van der Waals surface area contributed by atoms with Gasteiger partial charge in [0, 0.05) is 17.0 Å². The zero-order valence-electron chi connectivity index (χ0n) is 20.9. The van der Waals surface area contributed by atoms with Crippen molar-refractivity contribution in [3.8, 4) is 17.2 Å². The summed E-state index contributed by atoms with van der Waals surface area (Å²) < 4.78 is 26.3. The Hall–Kier alpha value is -3.72. The molecule has 0 aliphatic heterocycles. The molecule has 0 bridgehead atoms. The number of nitrogens with one attached hydrogen (secondary N) is 1. The van der Waals surface area contributed by atoms with Crippen molar-refractivity contribution in [2.45, 2.75) is 36.0 Å². The van der Waals surface area contributed by atoms with Gasteiger partial charge in [-0.05, 0) is 59.5 Å². The first kappa shape index (κ1) is 28.3. The van der Waals surface area contributed by atoms with Crippen molar-refractivity contribution in [2.24, 2.45) is 0 Å². The Morgan fingerprint density at radius 3 is 2.13 bits per heavy atom. The summed E-state index contributed by atoms with van der Waals surface area (Å²) in [5.74, 6) is -2.76. The standard InChI is InChI=1S/C29H25Cl2NO6S/c1-16(2)18-8-6-17(7-9-18)14-19-15-22(27(34)28(35)26(19)33)29(36)32-23-4-3-5-24(25(23)31)39(37,38)21-12-10-20(30)11-13-21/h3-13,15-16,33-35H,14H2,1-2H3,(H,32,36). The second-order valence-electron chi connectivity index (χ2n) is 9.23. The smallest absolute Gasteiger partial charge is 0.259 e. The van der Waals surface area contributed by atoms with Crippen molar-refractivity contribution in [1.82, 2.24) is 0 Å². The third-order valence-corrected chi connectivity index (χ3v) is 8.82. The molecule has 4 aromatic carbocycles. The Kier molecular flexibility index (Phi) is 8.11. The molecule has 0 radical (unpaired) electrons.